The Morgan fingerprint density at radius 1 is 0.966 bits per heavy atom. The molecule has 0 radical (unpaired) electrons. The summed E-state index contributed by atoms with van der Waals surface area (Å²) in [5.74, 6) is 0.470. The topological polar surface area (TPSA) is 43.4 Å². The molecule has 0 bridgehead atoms. The number of carbonyl (C=O) groups excluding carboxylic acids is 2. The molecular weight excluding hydrogens is 360 g/mol. The van der Waals surface area contributed by atoms with Gasteiger partial charge in [-0.1, -0.05) is 87.9 Å². The first-order valence-electron chi connectivity index (χ1n) is 10.5. The normalized spacial score (nSPS) is 22.3. The van der Waals surface area contributed by atoms with Crippen LogP contribution >= 0.6 is 0 Å². The third kappa shape index (κ3) is 5.44. The number of hydrogen-bond donors (Lipinski definition) is 0. The molecule has 1 aliphatic carbocycles. The maximum Gasteiger partial charge on any atom is 0.342 e. The van der Waals surface area contributed by atoms with E-state index in [1.807, 2.05) is 36.4 Å². The summed E-state index contributed by atoms with van der Waals surface area (Å²) in [5, 5.41) is 0. The highest BCUT2D eigenvalue weighted by molar-refractivity contribution is 6.26. The van der Waals surface area contributed by atoms with E-state index in [0.717, 1.165) is 24.8 Å². The van der Waals surface area contributed by atoms with E-state index in [1.165, 1.54) is 0 Å². The number of rotatable bonds is 6. The zero-order valence-electron chi connectivity index (χ0n) is 17.5. The zero-order valence-corrected chi connectivity index (χ0v) is 17.5. The van der Waals surface area contributed by atoms with Crippen LogP contribution < -0.4 is 0 Å². The minimum atomic E-state index is -0.521. The van der Waals surface area contributed by atoms with Crippen LogP contribution in [-0.4, -0.2) is 17.9 Å². The molecule has 1 fully saturated rings. The van der Waals surface area contributed by atoms with Crippen molar-refractivity contribution in [2.75, 3.05) is 0 Å². The summed E-state index contributed by atoms with van der Waals surface area (Å²) >= 11 is 0. The summed E-state index contributed by atoms with van der Waals surface area (Å²) < 4.78 is 5.98. The van der Waals surface area contributed by atoms with Gasteiger partial charge in [-0.15, -0.1) is 0 Å². The van der Waals surface area contributed by atoms with Crippen molar-refractivity contribution in [2.24, 2.45) is 17.8 Å². The lowest BCUT2D eigenvalue weighted by Gasteiger charge is -2.36. The van der Waals surface area contributed by atoms with E-state index in [2.05, 4.69) is 20.8 Å². The van der Waals surface area contributed by atoms with Gasteiger partial charge in [0.1, 0.15) is 11.7 Å². The lowest BCUT2D eigenvalue weighted by atomic mass is 9.75. The minimum absolute atomic E-state index is 0.0862. The maximum absolute atomic E-state index is 13.2. The van der Waals surface area contributed by atoms with Crippen molar-refractivity contribution >= 4 is 17.8 Å². The molecule has 0 aromatic heterocycles. The van der Waals surface area contributed by atoms with Crippen LogP contribution in [0.25, 0.3) is 6.08 Å². The summed E-state index contributed by atoms with van der Waals surface area (Å²) in [6, 6.07) is 18.4. The molecule has 0 unspecified atom stereocenters. The molecule has 1 aliphatic rings. The number of Topliss-reactive ketones (excluding diaryl/α,β-unsaturated/α-hetero) is 1. The molecule has 3 atom stereocenters. The third-order valence-corrected chi connectivity index (χ3v) is 5.83. The second kappa shape index (κ2) is 9.69. The van der Waals surface area contributed by atoms with Gasteiger partial charge in [0.15, 0.2) is 5.78 Å². The van der Waals surface area contributed by atoms with E-state index in [4.69, 9.17) is 4.74 Å². The first kappa shape index (κ1) is 21.0. The fourth-order valence-electron chi connectivity index (χ4n) is 4.13. The van der Waals surface area contributed by atoms with Crippen LogP contribution in [0.15, 0.2) is 66.2 Å². The van der Waals surface area contributed by atoms with E-state index < -0.39 is 5.97 Å². The Morgan fingerprint density at radius 3 is 2.21 bits per heavy atom. The van der Waals surface area contributed by atoms with Crippen LogP contribution in [0, 0.1) is 17.8 Å². The molecule has 0 saturated heterocycles. The molecular formula is C26H30O3. The van der Waals surface area contributed by atoms with Crippen LogP contribution in [0.3, 0.4) is 0 Å². The van der Waals surface area contributed by atoms with Crippen LogP contribution in [0.4, 0.5) is 0 Å². The quantitative estimate of drug-likeness (QED) is 0.201. The Kier molecular flexibility index (Phi) is 7.03. The number of hydrogen-bond acceptors (Lipinski definition) is 3. The second-order valence-corrected chi connectivity index (χ2v) is 8.43. The van der Waals surface area contributed by atoms with Crippen molar-refractivity contribution in [1.29, 1.82) is 0 Å². The van der Waals surface area contributed by atoms with Gasteiger partial charge in [0, 0.05) is 5.56 Å². The lowest BCUT2D eigenvalue weighted by Crippen LogP contribution is -2.36. The molecule has 3 rings (SSSR count). The summed E-state index contributed by atoms with van der Waals surface area (Å²) in [6.45, 7) is 6.56. The SMILES string of the molecule is CC(C)[C@H]1CC[C@@H](C)C[C@H]1OC(=O)/C(=C/c1ccccc1)C(=O)c1ccccc1. The standard InChI is InChI=1S/C26H30O3/c1-18(2)22-15-14-19(3)16-24(22)29-26(28)23(17-20-10-6-4-7-11-20)25(27)21-12-8-5-9-13-21/h4-13,17-19,22,24H,14-16H2,1-3H3/b23-17+/t19-,22-,24-/m1/s1. The largest absolute Gasteiger partial charge is 0.458 e. The first-order valence-corrected chi connectivity index (χ1v) is 10.5. The van der Waals surface area contributed by atoms with Gasteiger partial charge in [-0.05, 0) is 42.2 Å². The van der Waals surface area contributed by atoms with Gasteiger partial charge in [0.05, 0.1) is 0 Å². The smallest absolute Gasteiger partial charge is 0.342 e. The number of benzene rings is 2. The average Bonchev–Trinajstić information content (AvgIpc) is 2.72. The predicted octanol–water partition coefficient (Wildman–Crippen LogP) is 5.96. The van der Waals surface area contributed by atoms with Crippen molar-refractivity contribution in [1.82, 2.24) is 0 Å². The monoisotopic (exact) mass is 390 g/mol. The van der Waals surface area contributed by atoms with Gasteiger partial charge in [-0.3, -0.25) is 4.79 Å². The molecule has 2 aromatic carbocycles. The summed E-state index contributed by atoms with van der Waals surface area (Å²) in [6.07, 6.45) is 4.57. The molecule has 0 heterocycles. The van der Waals surface area contributed by atoms with Gasteiger partial charge in [0.2, 0.25) is 0 Å². The fourth-order valence-corrected chi connectivity index (χ4v) is 4.13. The van der Waals surface area contributed by atoms with Gasteiger partial charge >= 0.3 is 5.97 Å². The van der Waals surface area contributed by atoms with Gasteiger partial charge in [-0.2, -0.15) is 0 Å². The number of ketones is 1. The first-order chi connectivity index (χ1) is 14.0. The Balaban J connectivity index is 1.90. The Labute approximate surface area is 173 Å². The van der Waals surface area contributed by atoms with Crippen molar-refractivity contribution in [3.8, 4) is 0 Å². The molecule has 29 heavy (non-hydrogen) atoms. The lowest BCUT2D eigenvalue weighted by molar-refractivity contribution is -0.150. The Morgan fingerprint density at radius 2 is 1.59 bits per heavy atom. The average molecular weight is 391 g/mol. The molecule has 0 N–H and O–H groups in total. The molecule has 3 nitrogen and oxygen atoms in total. The van der Waals surface area contributed by atoms with Crippen molar-refractivity contribution < 1.29 is 14.3 Å². The van der Waals surface area contributed by atoms with Crippen molar-refractivity contribution in [3.63, 3.8) is 0 Å². The maximum atomic E-state index is 13.2. The van der Waals surface area contributed by atoms with Gasteiger partial charge < -0.3 is 4.74 Å². The zero-order chi connectivity index (χ0) is 20.8. The molecule has 1 saturated carbocycles. The predicted molar refractivity (Wildman–Crippen MR) is 116 cm³/mol. The summed E-state index contributed by atoms with van der Waals surface area (Å²) in [7, 11) is 0. The molecule has 0 aliphatic heterocycles. The molecule has 0 amide bonds. The van der Waals surface area contributed by atoms with Crippen molar-refractivity contribution in [3.05, 3.63) is 77.4 Å². The van der Waals surface area contributed by atoms with Crippen LogP contribution in [0.5, 0.6) is 0 Å². The van der Waals surface area contributed by atoms with Crippen LogP contribution in [0.1, 0.15) is 56.0 Å². The molecule has 0 spiro atoms. The van der Waals surface area contributed by atoms with E-state index in [1.54, 1.807) is 30.3 Å². The van der Waals surface area contributed by atoms with Crippen LogP contribution in [0.2, 0.25) is 0 Å². The highest BCUT2D eigenvalue weighted by Crippen LogP contribution is 2.36. The van der Waals surface area contributed by atoms with Gasteiger partial charge in [-0.25, -0.2) is 4.79 Å². The Hall–Kier alpha value is -2.68. The van der Waals surface area contributed by atoms with Gasteiger partial charge in [0.25, 0.3) is 0 Å². The number of esters is 1. The summed E-state index contributed by atoms with van der Waals surface area (Å²) in [4.78, 5) is 26.3. The third-order valence-electron chi connectivity index (χ3n) is 5.83. The Bertz CT molecular complexity index is 852. The van der Waals surface area contributed by atoms with Crippen molar-refractivity contribution in [2.45, 2.75) is 46.1 Å². The van der Waals surface area contributed by atoms with E-state index in [0.29, 0.717) is 23.3 Å². The van der Waals surface area contributed by atoms with E-state index >= 15 is 0 Å². The highest BCUT2D eigenvalue weighted by Gasteiger charge is 2.35. The number of ether oxygens (including phenoxy) is 1. The molecule has 3 heteroatoms. The van der Waals surface area contributed by atoms with Crippen LogP contribution in [-0.2, 0) is 9.53 Å². The summed E-state index contributed by atoms with van der Waals surface area (Å²) in [5.41, 5.74) is 1.38. The van der Waals surface area contributed by atoms with E-state index in [-0.39, 0.29) is 17.5 Å². The highest BCUT2D eigenvalue weighted by atomic mass is 16.5. The number of carbonyl (C=O) groups is 2. The second-order valence-electron chi connectivity index (χ2n) is 8.43. The molecule has 2 aromatic rings. The molecule has 152 valence electrons. The minimum Gasteiger partial charge on any atom is -0.458 e. The van der Waals surface area contributed by atoms with E-state index in [9.17, 15) is 9.59 Å². The fraction of sp³-hybridized carbons (Fsp3) is 0.385.